The first kappa shape index (κ1) is 21.6. The molecule has 8 nitrogen and oxygen atoms in total. The second-order valence-electron chi connectivity index (χ2n) is 7.89. The van der Waals surface area contributed by atoms with Crippen molar-refractivity contribution >= 4 is 23.8 Å². The minimum Gasteiger partial charge on any atom is -0.447 e. The highest BCUT2D eigenvalue weighted by Crippen LogP contribution is 2.33. The summed E-state index contributed by atoms with van der Waals surface area (Å²) in [6.45, 7) is 2.63. The van der Waals surface area contributed by atoms with Crippen LogP contribution in [0.3, 0.4) is 0 Å². The lowest BCUT2D eigenvalue weighted by molar-refractivity contribution is -0.119. The summed E-state index contributed by atoms with van der Waals surface area (Å²) in [5.41, 5.74) is 1.74. The lowest BCUT2D eigenvalue weighted by atomic mass is 9.91. The first-order valence-electron chi connectivity index (χ1n) is 10.4. The van der Waals surface area contributed by atoms with Crippen LogP contribution in [0.2, 0.25) is 0 Å². The van der Waals surface area contributed by atoms with Crippen LogP contribution in [-0.2, 0) is 20.9 Å². The number of hydrogen-bond acceptors (Lipinski definition) is 5. The van der Waals surface area contributed by atoms with Gasteiger partial charge >= 0.3 is 12.2 Å². The first-order chi connectivity index (χ1) is 15.4. The molecule has 9 heteroatoms. The summed E-state index contributed by atoms with van der Waals surface area (Å²) < 4.78 is 25.2. The molecule has 2 aromatic rings. The Morgan fingerprint density at radius 2 is 1.94 bits per heavy atom. The number of cyclic esters (lactones) is 1. The number of likely N-dealkylation sites (tertiary alicyclic amines) is 1. The molecule has 3 amide bonds. The van der Waals surface area contributed by atoms with E-state index in [1.54, 1.807) is 12.1 Å². The number of halogens is 1. The van der Waals surface area contributed by atoms with Crippen molar-refractivity contribution in [2.45, 2.75) is 25.5 Å². The Labute approximate surface area is 184 Å². The zero-order valence-corrected chi connectivity index (χ0v) is 17.6. The smallest absolute Gasteiger partial charge is 0.414 e. The van der Waals surface area contributed by atoms with E-state index in [2.05, 4.69) is 5.32 Å². The standard InChI is InChI=1S/C23H24FN3O5/c1-15(28)25-10-19-14-32-23(30)27(19)18-7-8-20(21(24)9-18)17-11-26(12-17)22(29)31-13-16-5-3-2-4-6-16/h2-9,17,19H,10-14H2,1H3,(H,25,28)/t19-/m0/s1. The van der Waals surface area contributed by atoms with E-state index in [9.17, 15) is 18.8 Å². The molecule has 32 heavy (non-hydrogen) atoms. The molecule has 2 aliphatic rings. The third-order valence-corrected chi connectivity index (χ3v) is 5.59. The quantitative estimate of drug-likeness (QED) is 0.745. The topological polar surface area (TPSA) is 88.2 Å². The van der Waals surface area contributed by atoms with Crippen LogP contribution >= 0.6 is 0 Å². The van der Waals surface area contributed by atoms with Crippen molar-refractivity contribution in [2.75, 3.05) is 31.1 Å². The fourth-order valence-corrected chi connectivity index (χ4v) is 3.82. The van der Waals surface area contributed by atoms with E-state index in [0.29, 0.717) is 24.3 Å². The summed E-state index contributed by atoms with van der Waals surface area (Å²) in [7, 11) is 0. The van der Waals surface area contributed by atoms with Crippen LogP contribution in [0.25, 0.3) is 0 Å². The average Bonchev–Trinajstić information content (AvgIpc) is 3.12. The highest BCUT2D eigenvalue weighted by molar-refractivity contribution is 5.90. The highest BCUT2D eigenvalue weighted by Gasteiger charge is 2.37. The Bertz CT molecular complexity index is 1010. The van der Waals surface area contributed by atoms with E-state index < -0.39 is 24.0 Å². The van der Waals surface area contributed by atoms with E-state index in [1.165, 1.54) is 22.8 Å². The number of benzene rings is 2. The molecule has 2 aliphatic heterocycles. The van der Waals surface area contributed by atoms with Crippen LogP contribution < -0.4 is 10.2 Å². The molecule has 0 radical (unpaired) electrons. The fourth-order valence-electron chi connectivity index (χ4n) is 3.82. The van der Waals surface area contributed by atoms with Crippen molar-refractivity contribution in [2.24, 2.45) is 0 Å². The van der Waals surface area contributed by atoms with Gasteiger partial charge in [-0.05, 0) is 23.3 Å². The number of carbonyl (C=O) groups is 3. The van der Waals surface area contributed by atoms with E-state index in [4.69, 9.17) is 9.47 Å². The highest BCUT2D eigenvalue weighted by atomic mass is 19.1. The molecule has 0 spiro atoms. The Hall–Kier alpha value is -3.62. The van der Waals surface area contributed by atoms with Gasteiger partial charge in [0.1, 0.15) is 19.0 Å². The molecule has 0 aromatic heterocycles. The second kappa shape index (κ2) is 9.25. The number of nitrogens with zero attached hydrogens (tertiary/aromatic N) is 2. The van der Waals surface area contributed by atoms with Gasteiger partial charge in [-0.2, -0.15) is 0 Å². The SMILES string of the molecule is CC(=O)NC[C@H]1COC(=O)N1c1ccc(C2CN(C(=O)OCc3ccccc3)C2)c(F)c1. The second-order valence-corrected chi connectivity index (χ2v) is 7.89. The van der Waals surface area contributed by atoms with Crippen molar-refractivity contribution in [3.8, 4) is 0 Å². The first-order valence-corrected chi connectivity index (χ1v) is 10.4. The predicted molar refractivity (Wildman–Crippen MR) is 114 cm³/mol. The van der Waals surface area contributed by atoms with Gasteiger partial charge in [-0.15, -0.1) is 0 Å². The van der Waals surface area contributed by atoms with Crippen molar-refractivity contribution in [1.29, 1.82) is 0 Å². The molecule has 168 valence electrons. The Kier molecular flexibility index (Phi) is 6.25. The summed E-state index contributed by atoms with van der Waals surface area (Å²) in [6.07, 6.45) is -1.01. The molecule has 0 saturated carbocycles. The predicted octanol–water partition coefficient (Wildman–Crippen LogP) is 3.02. The van der Waals surface area contributed by atoms with Crippen LogP contribution in [0.5, 0.6) is 0 Å². The Morgan fingerprint density at radius 3 is 2.62 bits per heavy atom. The van der Waals surface area contributed by atoms with Gasteiger partial charge in [0.25, 0.3) is 0 Å². The molecule has 2 aromatic carbocycles. The van der Waals surface area contributed by atoms with Gasteiger partial charge in [-0.1, -0.05) is 36.4 Å². The summed E-state index contributed by atoms with van der Waals surface area (Å²) in [4.78, 5) is 38.4. The monoisotopic (exact) mass is 441 g/mol. The summed E-state index contributed by atoms with van der Waals surface area (Å²) >= 11 is 0. The van der Waals surface area contributed by atoms with Crippen molar-refractivity contribution in [3.05, 3.63) is 65.5 Å². The number of ether oxygens (including phenoxy) is 2. The van der Waals surface area contributed by atoms with Gasteiger partial charge in [0.05, 0.1) is 11.7 Å². The number of anilines is 1. The van der Waals surface area contributed by atoms with E-state index in [0.717, 1.165) is 5.56 Å². The molecule has 0 unspecified atom stereocenters. The van der Waals surface area contributed by atoms with Gasteiger partial charge in [0.2, 0.25) is 5.91 Å². The lowest BCUT2D eigenvalue weighted by Crippen LogP contribution is -2.48. The van der Waals surface area contributed by atoms with Crippen LogP contribution in [-0.4, -0.2) is 55.3 Å². The lowest BCUT2D eigenvalue weighted by Gasteiger charge is -2.38. The molecule has 0 bridgehead atoms. The normalized spacial score (nSPS) is 18.2. The molecule has 2 saturated heterocycles. The maximum Gasteiger partial charge on any atom is 0.414 e. The fraction of sp³-hybridized carbons (Fsp3) is 0.348. The van der Waals surface area contributed by atoms with Gasteiger partial charge in [-0.25, -0.2) is 14.0 Å². The maximum absolute atomic E-state index is 14.9. The van der Waals surface area contributed by atoms with E-state index in [1.807, 2.05) is 30.3 Å². The Balaban J connectivity index is 1.34. The largest absolute Gasteiger partial charge is 0.447 e. The number of amides is 3. The van der Waals surface area contributed by atoms with Crippen molar-refractivity contribution in [1.82, 2.24) is 10.2 Å². The molecule has 2 fully saturated rings. The summed E-state index contributed by atoms with van der Waals surface area (Å²) in [5, 5.41) is 2.65. The number of carbonyl (C=O) groups excluding carboxylic acids is 3. The van der Waals surface area contributed by atoms with E-state index >= 15 is 0 Å². The third kappa shape index (κ3) is 4.66. The molecule has 0 aliphatic carbocycles. The molecule has 1 N–H and O–H groups in total. The number of rotatable bonds is 6. The van der Waals surface area contributed by atoms with Crippen LogP contribution in [0, 0.1) is 5.82 Å². The number of hydrogen-bond donors (Lipinski definition) is 1. The summed E-state index contributed by atoms with van der Waals surface area (Å²) in [6, 6.07) is 13.6. The van der Waals surface area contributed by atoms with Crippen LogP contribution in [0.15, 0.2) is 48.5 Å². The van der Waals surface area contributed by atoms with Gasteiger partial charge in [0, 0.05) is 32.5 Å². The molecule has 1 atom stereocenters. The zero-order valence-electron chi connectivity index (χ0n) is 17.6. The minimum atomic E-state index is -0.580. The van der Waals surface area contributed by atoms with Gasteiger partial charge in [0.15, 0.2) is 0 Å². The minimum absolute atomic E-state index is 0.116. The molecule has 4 rings (SSSR count). The third-order valence-electron chi connectivity index (χ3n) is 5.59. The Morgan fingerprint density at radius 1 is 1.19 bits per heavy atom. The maximum atomic E-state index is 14.9. The molecule has 2 heterocycles. The van der Waals surface area contributed by atoms with Crippen LogP contribution in [0.1, 0.15) is 24.0 Å². The van der Waals surface area contributed by atoms with Gasteiger partial charge < -0.3 is 19.7 Å². The summed E-state index contributed by atoms with van der Waals surface area (Å²) in [5.74, 6) is -0.820. The van der Waals surface area contributed by atoms with Gasteiger partial charge in [-0.3, -0.25) is 9.69 Å². The average molecular weight is 441 g/mol. The van der Waals surface area contributed by atoms with Crippen LogP contribution in [0.4, 0.5) is 19.7 Å². The molecular formula is C23H24FN3O5. The number of nitrogens with one attached hydrogen (secondary N) is 1. The molecular weight excluding hydrogens is 417 g/mol. The van der Waals surface area contributed by atoms with E-state index in [-0.39, 0.29) is 31.6 Å². The zero-order chi connectivity index (χ0) is 22.7. The van der Waals surface area contributed by atoms with Crippen molar-refractivity contribution < 1.29 is 28.2 Å². The van der Waals surface area contributed by atoms with Crippen molar-refractivity contribution in [3.63, 3.8) is 0 Å².